The van der Waals surface area contributed by atoms with Crippen molar-refractivity contribution in [3.63, 3.8) is 0 Å². The Morgan fingerprint density at radius 1 is 0.957 bits per heavy atom. The summed E-state index contributed by atoms with van der Waals surface area (Å²) in [5, 5.41) is 10.2. The highest BCUT2D eigenvalue weighted by Gasteiger charge is 2.50. The van der Waals surface area contributed by atoms with Crippen LogP contribution in [0.25, 0.3) is 0 Å². The van der Waals surface area contributed by atoms with E-state index in [2.05, 4.69) is 41.9 Å². The Hall–Kier alpha value is -2.70. The van der Waals surface area contributed by atoms with Gasteiger partial charge in [-0.2, -0.15) is 0 Å². The molecule has 3 saturated carbocycles. The summed E-state index contributed by atoms with van der Waals surface area (Å²) in [6.07, 6.45) is 14.0. The highest BCUT2D eigenvalue weighted by molar-refractivity contribution is 9.09. The first kappa shape index (κ1) is 34.6. The molecule has 3 aliphatic rings. The number of fused-ring (bicyclic) bond motifs is 1. The van der Waals surface area contributed by atoms with Gasteiger partial charge in [-0.05, 0) is 99.8 Å². The largest absolute Gasteiger partial charge is 0.457 e. The summed E-state index contributed by atoms with van der Waals surface area (Å²) >= 11 is 3.76. The van der Waals surface area contributed by atoms with E-state index in [4.69, 9.17) is 9.47 Å². The fourth-order valence-electron chi connectivity index (χ4n) is 8.47. The number of benzene rings is 2. The molecule has 2 aromatic rings. The molecule has 6 heteroatoms. The molecule has 0 heterocycles. The lowest BCUT2D eigenvalue weighted by molar-refractivity contribution is -0.00361. The number of carbonyl (C=O) groups is 2. The van der Waals surface area contributed by atoms with Crippen LogP contribution >= 0.6 is 15.9 Å². The van der Waals surface area contributed by atoms with Gasteiger partial charge in [0.1, 0.15) is 12.2 Å². The first-order valence-corrected chi connectivity index (χ1v) is 18.1. The first-order chi connectivity index (χ1) is 21.9. The second-order valence-electron chi connectivity index (χ2n) is 14.8. The maximum atomic E-state index is 13.1. The summed E-state index contributed by atoms with van der Waals surface area (Å²) in [7, 11) is 0. The van der Waals surface area contributed by atoms with Crippen LogP contribution in [0.15, 0.2) is 84.0 Å². The van der Waals surface area contributed by atoms with E-state index in [1.807, 2.05) is 50.2 Å². The Balaban J connectivity index is 1.33. The topological polar surface area (TPSA) is 72.8 Å². The third kappa shape index (κ3) is 8.41. The van der Waals surface area contributed by atoms with E-state index < -0.39 is 17.8 Å². The molecule has 0 saturated heterocycles. The molecule has 0 bridgehead atoms. The van der Waals surface area contributed by atoms with Crippen LogP contribution in [-0.4, -0.2) is 39.7 Å². The minimum absolute atomic E-state index is 0.297. The number of allylic oxidation sites excluding steroid dienone is 3. The van der Waals surface area contributed by atoms with Gasteiger partial charge in [0.2, 0.25) is 0 Å². The van der Waals surface area contributed by atoms with Crippen molar-refractivity contribution >= 4 is 27.9 Å². The van der Waals surface area contributed by atoms with Crippen LogP contribution in [0.4, 0.5) is 0 Å². The monoisotopic (exact) mass is 690 g/mol. The van der Waals surface area contributed by atoms with E-state index in [1.54, 1.807) is 24.3 Å². The molecule has 0 radical (unpaired) electrons. The molecule has 6 atom stereocenters. The van der Waals surface area contributed by atoms with Crippen LogP contribution in [0.2, 0.25) is 0 Å². The summed E-state index contributed by atoms with van der Waals surface area (Å²) in [5.41, 5.74) is 3.37. The molecular weight excluding hydrogens is 640 g/mol. The highest BCUT2D eigenvalue weighted by Crippen LogP contribution is 2.60. The normalized spacial score (nSPS) is 29.6. The Labute approximate surface area is 284 Å². The van der Waals surface area contributed by atoms with Gasteiger partial charge >= 0.3 is 11.9 Å². The van der Waals surface area contributed by atoms with Gasteiger partial charge < -0.3 is 14.6 Å². The lowest BCUT2D eigenvalue weighted by atomic mass is 9.60. The van der Waals surface area contributed by atoms with E-state index in [0.717, 1.165) is 24.8 Å². The molecule has 5 rings (SSSR count). The van der Waals surface area contributed by atoms with Crippen LogP contribution < -0.4 is 0 Å². The van der Waals surface area contributed by atoms with E-state index >= 15 is 0 Å². The number of aliphatic hydroxyl groups is 1. The van der Waals surface area contributed by atoms with Gasteiger partial charge in [-0.15, -0.1) is 0 Å². The third-order valence-corrected chi connectivity index (χ3v) is 12.1. The summed E-state index contributed by atoms with van der Waals surface area (Å²) in [4.78, 5) is 25.8. The average Bonchev–Trinajstić information content (AvgIpc) is 3.39. The van der Waals surface area contributed by atoms with Crippen molar-refractivity contribution in [3.8, 4) is 0 Å². The van der Waals surface area contributed by atoms with Gasteiger partial charge in [0.05, 0.1) is 21.6 Å². The number of hydrogen-bond acceptors (Lipinski definition) is 5. The SMILES string of the molecule is C[C@H](CCCC(C)(C)O)[C@H]1CC[C@H]2/C(=C/C=C3CC(OC(=O)c4ccccc4)C(Br)C(OC(=O)c4ccccc4)C3)CCC[C@]12C. The number of halogens is 1. The zero-order valence-corrected chi connectivity index (χ0v) is 29.5. The Kier molecular flexibility index (Phi) is 11.3. The maximum absolute atomic E-state index is 13.1. The number of hydrogen-bond donors (Lipinski definition) is 1. The van der Waals surface area contributed by atoms with Crippen LogP contribution in [0.1, 0.15) is 113 Å². The second-order valence-corrected chi connectivity index (χ2v) is 15.9. The maximum Gasteiger partial charge on any atom is 0.338 e. The molecule has 3 aliphatic carbocycles. The van der Waals surface area contributed by atoms with Gasteiger partial charge in [0.25, 0.3) is 0 Å². The summed E-state index contributed by atoms with van der Waals surface area (Å²) in [5.74, 6) is 1.16. The van der Waals surface area contributed by atoms with E-state index in [9.17, 15) is 14.7 Å². The van der Waals surface area contributed by atoms with Crippen molar-refractivity contribution in [1.82, 2.24) is 0 Å². The molecule has 0 aromatic heterocycles. The van der Waals surface area contributed by atoms with Crippen molar-refractivity contribution in [2.45, 2.75) is 115 Å². The molecule has 5 nitrogen and oxygen atoms in total. The summed E-state index contributed by atoms with van der Waals surface area (Å²) in [6.45, 7) is 8.77. The first-order valence-electron chi connectivity index (χ1n) is 17.2. The summed E-state index contributed by atoms with van der Waals surface area (Å²) < 4.78 is 12.1. The number of esters is 2. The molecule has 0 aliphatic heterocycles. The van der Waals surface area contributed by atoms with Gasteiger partial charge in [-0.3, -0.25) is 0 Å². The van der Waals surface area contributed by atoms with Crippen molar-refractivity contribution in [2.75, 3.05) is 0 Å². The van der Waals surface area contributed by atoms with E-state index in [1.165, 1.54) is 37.7 Å². The standard InChI is InChI=1S/C40H51BrO5/c1-27(13-11-23-39(2,3)44)32-21-22-33-29(18-12-24-40(32,33)4)20-19-28-25-34(45-37(42)30-14-7-5-8-15-30)36(41)35(26-28)46-38(43)31-16-9-6-10-17-31/h5-10,14-17,19-20,27,32-36,44H,11-13,18,21-26H2,1-4H3/b28-19?,29-20+/t27-,32-,33+,34?,35?,36?,40-/m1/s1. The summed E-state index contributed by atoms with van der Waals surface area (Å²) in [6, 6.07) is 18.1. The van der Waals surface area contributed by atoms with E-state index in [0.29, 0.717) is 47.1 Å². The van der Waals surface area contributed by atoms with E-state index in [-0.39, 0.29) is 16.8 Å². The fraction of sp³-hybridized carbons (Fsp3) is 0.550. The van der Waals surface area contributed by atoms with Crippen molar-refractivity contribution in [3.05, 3.63) is 95.1 Å². The van der Waals surface area contributed by atoms with Gasteiger partial charge in [0, 0.05) is 12.8 Å². The predicted octanol–water partition coefficient (Wildman–Crippen LogP) is 9.64. The van der Waals surface area contributed by atoms with Crippen molar-refractivity contribution in [2.24, 2.45) is 23.2 Å². The van der Waals surface area contributed by atoms with Crippen molar-refractivity contribution < 1.29 is 24.2 Å². The van der Waals surface area contributed by atoms with Gasteiger partial charge in [0.15, 0.2) is 0 Å². The molecule has 248 valence electrons. The number of carbonyl (C=O) groups excluding carboxylic acids is 2. The zero-order chi connectivity index (χ0) is 32.9. The minimum Gasteiger partial charge on any atom is -0.457 e. The third-order valence-electron chi connectivity index (χ3n) is 10.9. The molecule has 0 amide bonds. The predicted molar refractivity (Wildman–Crippen MR) is 187 cm³/mol. The van der Waals surface area contributed by atoms with Crippen LogP contribution in [0, 0.1) is 23.2 Å². The Morgan fingerprint density at radius 3 is 2.07 bits per heavy atom. The Morgan fingerprint density at radius 2 is 1.52 bits per heavy atom. The number of ether oxygens (including phenoxy) is 2. The van der Waals surface area contributed by atoms with Crippen LogP contribution in [0.5, 0.6) is 0 Å². The molecule has 2 unspecified atom stereocenters. The lowest BCUT2D eigenvalue weighted by Crippen LogP contribution is -2.43. The molecule has 2 aromatic carbocycles. The second kappa shape index (κ2) is 15.0. The van der Waals surface area contributed by atoms with Gasteiger partial charge in [-0.25, -0.2) is 9.59 Å². The smallest absolute Gasteiger partial charge is 0.338 e. The van der Waals surface area contributed by atoms with Gasteiger partial charge in [-0.1, -0.05) is 102 Å². The lowest BCUT2D eigenvalue weighted by Gasteiger charge is -2.44. The van der Waals surface area contributed by atoms with Crippen LogP contribution in [0.3, 0.4) is 0 Å². The molecule has 3 fully saturated rings. The molecule has 0 spiro atoms. The van der Waals surface area contributed by atoms with Crippen molar-refractivity contribution in [1.29, 1.82) is 0 Å². The molecule has 1 N–H and O–H groups in total. The zero-order valence-electron chi connectivity index (χ0n) is 27.9. The van der Waals surface area contributed by atoms with Crippen LogP contribution in [-0.2, 0) is 9.47 Å². The fourth-order valence-corrected chi connectivity index (χ4v) is 9.06. The highest BCUT2D eigenvalue weighted by atomic mass is 79.9. The minimum atomic E-state index is -0.595. The quantitative estimate of drug-likeness (QED) is 0.199. The number of alkyl halides is 1. The number of rotatable bonds is 10. The molecular formula is C40H51BrO5. The average molecular weight is 692 g/mol. The molecule has 46 heavy (non-hydrogen) atoms. The Bertz CT molecular complexity index is 1330.